The van der Waals surface area contributed by atoms with Crippen LogP contribution in [-0.2, 0) is 13.3 Å². The van der Waals surface area contributed by atoms with Gasteiger partial charge in [0.1, 0.15) is 7.22 Å². The van der Waals surface area contributed by atoms with Crippen molar-refractivity contribution in [1.82, 2.24) is 0 Å². The Labute approximate surface area is 151 Å². The summed E-state index contributed by atoms with van der Waals surface area (Å²) in [5.74, 6) is 0. The fourth-order valence-corrected chi connectivity index (χ4v) is 10.5. The second-order valence-corrected chi connectivity index (χ2v) is 20.2. The Balaban J connectivity index is 5.30. The number of rotatable bonds is 12. The Morgan fingerprint density at radius 2 is 1.39 bits per heavy atom. The lowest BCUT2D eigenvalue weighted by Gasteiger charge is -2.38. The summed E-state index contributed by atoms with van der Waals surface area (Å²) in [4.78, 5) is 0. The summed E-state index contributed by atoms with van der Waals surface area (Å²) in [6.07, 6.45) is 2.99. The molecule has 0 fully saturated rings. The highest BCUT2D eigenvalue weighted by Crippen LogP contribution is 2.36. The van der Waals surface area contributed by atoms with Gasteiger partial charge in [-0.25, -0.2) is 0 Å². The van der Waals surface area contributed by atoms with Crippen LogP contribution in [0.1, 0.15) is 60.8 Å². The molecular weight excluding hydrogens is 340 g/mol. The molecule has 140 valence electrons. The van der Waals surface area contributed by atoms with Crippen LogP contribution in [0.2, 0.25) is 25.7 Å². The summed E-state index contributed by atoms with van der Waals surface area (Å²) in [6.45, 7) is 21.8. The van der Waals surface area contributed by atoms with Crippen LogP contribution >= 0.6 is 11.2 Å². The summed E-state index contributed by atoms with van der Waals surface area (Å²) in [7, 11) is -3.91. The van der Waals surface area contributed by atoms with Crippen LogP contribution in [0.5, 0.6) is 0 Å². The standard InChI is InChI=1S/C17H40O3SSi2/c1-10-13-18-23(19-14-11-2,15-17(4,5)6)20-16(12-3)21-22(7,8)9/h16H,10-15H2,1-9H3. The van der Waals surface area contributed by atoms with Crippen molar-refractivity contribution >= 4 is 27.2 Å². The molecule has 0 radical (unpaired) electrons. The lowest BCUT2D eigenvalue weighted by Crippen LogP contribution is -2.51. The number of hydrogen-bond acceptors (Lipinski definition) is 4. The van der Waals surface area contributed by atoms with Gasteiger partial charge in [0.15, 0.2) is 0 Å². The molecule has 0 aromatic heterocycles. The van der Waals surface area contributed by atoms with E-state index < -0.39 is 16.0 Å². The van der Waals surface area contributed by atoms with Crippen molar-refractivity contribution in [2.45, 2.75) is 91.9 Å². The third kappa shape index (κ3) is 11.8. The average molecular weight is 381 g/mol. The summed E-state index contributed by atoms with van der Waals surface area (Å²) in [6, 6.07) is 0.878. The van der Waals surface area contributed by atoms with Crippen LogP contribution < -0.4 is 0 Å². The maximum Gasteiger partial charge on any atom is 0.502 e. The molecule has 3 nitrogen and oxygen atoms in total. The fraction of sp³-hybridized carbons (Fsp3) is 1.00. The molecule has 0 aromatic carbocycles. The SMILES string of the molecule is CCCO[Si](CC(C)(C)C)(OCCC)OC(CC)S[Si](C)(C)C. The van der Waals surface area contributed by atoms with E-state index in [2.05, 4.69) is 61.2 Å². The van der Waals surface area contributed by atoms with E-state index in [9.17, 15) is 0 Å². The van der Waals surface area contributed by atoms with Crippen molar-refractivity contribution < 1.29 is 13.3 Å². The average Bonchev–Trinajstić information content (AvgIpc) is 2.39. The van der Waals surface area contributed by atoms with Gasteiger partial charge >= 0.3 is 8.80 Å². The highest BCUT2D eigenvalue weighted by atomic mass is 32.4. The largest absolute Gasteiger partial charge is 0.502 e. The zero-order chi connectivity index (χ0) is 18.1. The minimum Gasteiger partial charge on any atom is -0.373 e. The van der Waals surface area contributed by atoms with Gasteiger partial charge < -0.3 is 13.3 Å². The van der Waals surface area contributed by atoms with Crippen molar-refractivity contribution in [3.05, 3.63) is 0 Å². The molecule has 0 bridgehead atoms. The van der Waals surface area contributed by atoms with Crippen LogP contribution in [-0.4, -0.2) is 34.7 Å². The fourth-order valence-electron chi connectivity index (χ4n) is 2.20. The van der Waals surface area contributed by atoms with Crippen LogP contribution in [0.15, 0.2) is 0 Å². The molecule has 0 saturated heterocycles. The Bertz CT molecular complexity index is 306. The van der Waals surface area contributed by atoms with Crippen LogP contribution in [0.4, 0.5) is 0 Å². The van der Waals surface area contributed by atoms with Crippen molar-refractivity contribution in [3.8, 4) is 0 Å². The van der Waals surface area contributed by atoms with E-state index in [1.165, 1.54) is 0 Å². The van der Waals surface area contributed by atoms with E-state index in [1.54, 1.807) is 0 Å². The van der Waals surface area contributed by atoms with E-state index in [0.717, 1.165) is 38.5 Å². The summed E-state index contributed by atoms with van der Waals surface area (Å²) >= 11 is 2.01. The summed E-state index contributed by atoms with van der Waals surface area (Å²) in [5.41, 5.74) is 0.319. The quantitative estimate of drug-likeness (QED) is 0.300. The Morgan fingerprint density at radius 1 is 0.913 bits per heavy atom. The molecule has 0 aliphatic heterocycles. The molecule has 0 N–H and O–H groups in total. The van der Waals surface area contributed by atoms with E-state index >= 15 is 0 Å². The topological polar surface area (TPSA) is 27.7 Å². The minimum atomic E-state index is -2.66. The molecular formula is C17H40O3SSi2. The zero-order valence-corrected chi connectivity index (χ0v) is 19.8. The summed E-state index contributed by atoms with van der Waals surface area (Å²) < 4.78 is 19.2. The predicted octanol–water partition coefficient (Wildman–Crippen LogP) is 6.15. The molecule has 0 amide bonds. The monoisotopic (exact) mass is 380 g/mol. The van der Waals surface area contributed by atoms with Gasteiger partial charge in [0.2, 0.25) is 0 Å². The van der Waals surface area contributed by atoms with Crippen molar-refractivity contribution in [3.63, 3.8) is 0 Å². The normalized spacial score (nSPS) is 15.0. The van der Waals surface area contributed by atoms with E-state index in [4.69, 9.17) is 13.3 Å². The van der Waals surface area contributed by atoms with Gasteiger partial charge in [-0.15, -0.1) is 0 Å². The van der Waals surface area contributed by atoms with E-state index in [0.29, 0.717) is 0 Å². The van der Waals surface area contributed by atoms with Crippen molar-refractivity contribution in [2.75, 3.05) is 13.2 Å². The maximum atomic E-state index is 6.64. The van der Waals surface area contributed by atoms with Crippen molar-refractivity contribution in [2.24, 2.45) is 5.41 Å². The lowest BCUT2D eigenvalue weighted by atomic mass is 10.0. The van der Waals surface area contributed by atoms with Crippen molar-refractivity contribution in [1.29, 1.82) is 0 Å². The predicted molar refractivity (Wildman–Crippen MR) is 109 cm³/mol. The van der Waals surface area contributed by atoms with Gasteiger partial charge in [-0.3, -0.25) is 0 Å². The van der Waals surface area contributed by atoms with Gasteiger partial charge in [-0.05, 0) is 24.7 Å². The van der Waals surface area contributed by atoms with Gasteiger partial charge in [-0.1, -0.05) is 61.2 Å². The third-order valence-electron chi connectivity index (χ3n) is 2.93. The van der Waals surface area contributed by atoms with E-state index in [1.807, 2.05) is 11.2 Å². The first-order valence-corrected chi connectivity index (χ1v) is 16.1. The molecule has 0 aliphatic carbocycles. The van der Waals surface area contributed by atoms with Gasteiger partial charge in [0.05, 0.1) is 5.44 Å². The molecule has 0 aliphatic rings. The minimum absolute atomic E-state index is 0.135. The second-order valence-electron chi connectivity index (χ2n) is 8.30. The first-order valence-electron chi connectivity index (χ1n) is 9.10. The zero-order valence-electron chi connectivity index (χ0n) is 17.0. The second kappa shape index (κ2) is 10.6. The summed E-state index contributed by atoms with van der Waals surface area (Å²) in [5, 5.41) is 0. The molecule has 0 rings (SSSR count). The number of hydrogen-bond donors (Lipinski definition) is 0. The molecule has 0 heterocycles. The first-order chi connectivity index (χ1) is 10.5. The maximum absolute atomic E-state index is 6.64. The van der Waals surface area contributed by atoms with Crippen LogP contribution in [0, 0.1) is 5.41 Å². The Hall–Kier alpha value is 0.664. The van der Waals surface area contributed by atoms with Gasteiger partial charge in [0.25, 0.3) is 0 Å². The van der Waals surface area contributed by atoms with Crippen LogP contribution in [0.3, 0.4) is 0 Å². The molecule has 0 saturated carbocycles. The molecule has 1 unspecified atom stereocenters. The Morgan fingerprint density at radius 3 is 1.70 bits per heavy atom. The molecule has 0 aromatic rings. The molecule has 23 heavy (non-hydrogen) atoms. The first kappa shape index (κ1) is 23.7. The van der Waals surface area contributed by atoms with Gasteiger partial charge in [0, 0.05) is 19.3 Å². The third-order valence-corrected chi connectivity index (χ3v) is 10.8. The smallest absolute Gasteiger partial charge is 0.373 e. The highest BCUT2D eigenvalue weighted by molar-refractivity contribution is 8.28. The lowest BCUT2D eigenvalue weighted by molar-refractivity contribution is 0.0433. The molecule has 0 spiro atoms. The van der Waals surface area contributed by atoms with Crippen LogP contribution in [0.25, 0.3) is 0 Å². The van der Waals surface area contributed by atoms with Gasteiger partial charge in [-0.2, -0.15) is 11.2 Å². The van der Waals surface area contributed by atoms with E-state index in [-0.39, 0.29) is 10.9 Å². The highest BCUT2D eigenvalue weighted by Gasteiger charge is 2.47. The molecule has 6 heteroatoms. The Kier molecular flexibility index (Phi) is 10.9. The molecule has 1 atom stereocenters.